The van der Waals surface area contributed by atoms with Gasteiger partial charge in [-0.3, -0.25) is 5.10 Å². The van der Waals surface area contributed by atoms with Gasteiger partial charge in [0.05, 0.1) is 5.56 Å². The normalized spacial score (nSPS) is 11.7. The van der Waals surface area contributed by atoms with E-state index in [2.05, 4.69) is 15.2 Å². The Balaban J connectivity index is 1.90. The Morgan fingerprint density at radius 1 is 1.36 bits per heavy atom. The van der Waals surface area contributed by atoms with Crippen molar-refractivity contribution in [2.24, 2.45) is 0 Å². The molecule has 0 aliphatic rings. The lowest BCUT2D eigenvalue weighted by Crippen LogP contribution is -1.97. The van der Waals surface area contributed by atoms with Gasteiger partial charge in [0.2, 0.25) is 5.16 Å². The van der Waals surface area contributed by atoms with E-state index in [0.717, 1.165) is 11.8 Å². The van der Waals surface area contributed by atoms with Crippen molar-refractivity contribution in [1.82, 2.24) is 15.2 Å². The molecule has 0 saturated heterocycles. The van der Waals surface area contributed by atoms with Gasteiger partial charge in [0.15, 0.2) is 0 Å². The molecule has 0 amide bonds. The fraction of sp³-hybridized carbons (Fsp3) is 0.0625. The quantitative estimate of drug-likeness (QED) is 0.455. The van der Waals surface area contributed by atoms with Gasteiger partial charge < -0.3 is 14.6 Å². The number of halogens is 1. The lowest BCUT2D eigenvalue weighted by molar-refractivity contribution is -0.131. The molecule has 3 rings (SSSR count). The van der Waals surface area contributed by atoms with Crippen molar-refractivity contribution in [2.45, 2.75) is 12.1 Å². The Morgan fingerprint density at radius 3 is 2.84 bits per heavy atom. The van der Waals surface area contributed by atoms with Gasteiger partial charge in [-0.2, -0.15) is 0 Å². The van der Waals surface area contributed by atoms with Crippen LogP contribution >= 0.6 is 23.4 Å². The topological polar surface area (TPSA) is 112 Å². The molecule has 0 atom stereocenters. The molecule has 9 heteroatoms. The Kier molecular flexibility index (Phi) is 4.82. The standard InChI is InChI=1S/C16H12ClN3O4S/c1-8-18-16(20-19-8)25-14(15(22)23)7-10-3-5-13(24-10)11-6-9(17)2-4-12(11)21/h2-7,21H,1H3,(H,22,23)(H,18,19,20)/b14-7+. The van der Waals surface area contributed by atoms with Gasteiger partial charge >= 0.3 is 5.97 Å². The molecule has 0 aliphatic carbocycles. The second-order valence-electron chi connectivity index (χ2n) is 4.98. The van der Waals surface area contributed by atoms with Crippen LogP contribution in [0.15, 0.2) is 44.8 Å². The Morgan fingerprint density at radius 2 is 2.16 bits per heavy atom. The first-order chi connectivity index (χ1) is 11.9. The van der Waals surface area contributed by atoms with Crippen LogP contribution in [-0.4, -0.2) is 31.4 Å². The van der Waals surface area contributed by atoms with Gasteiger partial charge in [0.25, 0.3) is 0 Å². The molecule has 0 spiro atoms. The number of H-pyrrole nitrogens is 1. The van der Waals surface area contributed by atoms with Crippen LogP contribution in [0, 0.1) is 6.92 Å². The third kappa shape index (κ3) is 4.04. The van der Waals surface area contributed by atoms with Crippen molar-refractivity contribution in [2.75, 3.05) is 0 Å². The summed E-state index contributed by atoms with van der Waals surface area (Å²) in [5, 5.41) is 26.6. The molecule has 0 saturated carbocycles. The molecule has 3 N–H and O–H groups in total. The average Bonchev–Trinajstić information content (AvgIpc) is 3.18. The number of thioether (sulfide) groups is 1. The summed E-state index contributed by atoms with van der Waals surface area (Å²) in [5.74, 6) is 0.152. The fourth-order valence-corrected chi connectivity index (χ4v) is 2.92. The van der Waals surface area contributed by atoms with E-state index in [4.69, 9.17) is 16.0 Å². The number of furan rings is 1. The molecule has 25 heavy (non-hydrogen) atoms. The Hall–Kier alpha value is -2.71. The zero-order valence-corrected chi connectivity index (χ0v) is 14.4. The first-order valence-corrected chi connectivity index (χ1v) is 8.22. The highest BCUT2D eigenvalue weighted by atomic mass is 35.5. The zero-order chi connectivity index (χ0) is 18.0. The number of aryl methyl sites for hydroxylation is 1. The van der Waals surface area contributed by atoms with Crippen LogP contribution in [0.25, 0.3) is 17.4 Å². The molecule has 2 heterocycles. The highest BCUT2D eigenvalue weighted by Crippen LogP contribution is 2.34. The minimum Gasteiger partial charge on any atom is -0.507 e. The van der Waals surface area contributed by atoms with E-state index in [1.807, 2.05) is 0 Å². The number of phenolic OH excluding ortho intramolecular Hbond substituents is 1. The summed E-state index contributed by atoms with van der Waals surface area (Å²) in [4.78, 5) is 15.5. The van der Waals surface area contributed by atoms with Gasteiger partial charge in [0, 0.05) is 11.1 Å². The molecule has 0 aliphatic heterocycles. The minimum atomic E-state index is -1.13. The number of nitrogens with zero attached hydrogens (tertiary/aromatic N) is 2. The molecule has 7 nitrogen and oxygen atoms in total. The van der Waals surface area contributed by atoms with Crippen LogP contribution in [0.5, 0.6) is 5.75 Å². The van der Waals surface area contributed by atoms with Gasteiger partial charge in [-0.1, -0.05) is 11.6 Å². The average molecular weight is 378 g/mol. The van der Waals surface area contributed by atoms with Crippen molar-refractivity contribution in [1.29, 1.82) is 0 Å². The first kappa shape index (κ1) is 17.1. The second-order valence-corrected chi connectivity index (χ2v) is 6.43. The van der Waals surface area contributed by atoms with E-state index in [0.29, 0.717) is 33.1 Å². The lowest BCUT2D eigenvalue weighted by atomic mass is 10.1. The highest BCUT2D eigenvalue weighted by Gasteiger charge is 2.15. The number of aromatic amines is 1. The van der Waals surface area contributed by atoms with Crippen LogP contribution in [0.3, 0.4) is 0 Å². The maximum Gasteiger partial charge on any atom is 0.342 e. The molecule has 128 valence electrons. The predicted octanol–water partition coefficient (Wildman–Crippen LogP) is 3.95. The van der Waals surface area contributed by atoms with Crippen molar-refractivity contribution < 1.29 is 19.4 Å². The van der Waals surface area contributed by atoms with Crippen LogP contribution < -0.4 is 0 Å². The number of carbonyl (C=O) groups is 1. The van der Waals surface area contributed by atoms with Crippen LogP contribution in [0.1, 0.15) is 11.6 Å². The van der Waals surface area contributed by atoms with Crippen molar-refractivity contribution in [3.63, 3.8) is 0 Å². The minimum absolute atomic E-state index is 0.00443. The maximum atomic E-state index is 11.4. The smallest absolute Gasteiger partial charge is 0.342 e. The number of benzene rings is 1. The number of carboxylic acid groups (broad SMARTS) is 1. The predicted molar refractivity (Wildman–Crippen MR) is 93.4 cm³/mol. The number of rotatable bonds is 5. The summed E-state index contributed by atoms with van der Waals surface area (Å²) in [5.41, 5.74) is 0.418. The third-order valence-corrected chi connectivity index (χ3v) is 4.23. The van der Waals surface area contributed by atoms with E-state index >= 15 is 0 Å². The van der Waals surface area contributed by atoms with Crippen LogP contribution in [0.2, 0.25) is 5.02 Å². The van der Waals surface area contributed by atoms with Gasteiger partial charge in [-0.15, -0.1) is 5.10 Å². The number of aliphatic carboxylic acids is 1. The highest BCUT2D eigenvalue weighted by molar-refractivity contribution is 8.04. The van der Waals surface area contributed by atoms with E-state index in [-0.39, 0.29) is 10.7 Å². The van der Waals surface area contributed by atoms with Gasteiger partial charge in [-0.05, 0) is 49.0 Å². The SMILES string of the molecule is Cc1nc(S/C(=C/c2ccc(-c3cc(Cl)ccc3O)o2)C(=O)O)n[nH]1. The number of aromatic nitrogens is 3. The summed E-state index contributed by atoms with van der Waals surface area (Å²) in [6.45, 7) is 1.72. The molecule has 3 aromatic rings. The number of phenols is 1. The summed E-state index contributed by atoms with van der Waals surface area (Å²) in [7, 11) is 0. The van der Waals surface area contributed by atoms with Crippen molar-refractivity contribution in [3.05, 3.63) is 51.8 Å². The fourth-order valence-electron chi connectivity index (χ4n) is 2.01. The number of carboxylic acids is 1. The van der Waals surface area contributed by atoms with Crippen LogP contribution in [-0.2, 0) is 4.79 Å². The van der Waals surface area contributed by atoms with Crippen molar-refractivity contribution in [3.8, 4) is 17.1 Å². The molecular weight excluding hydrogens is 366 g/mol. The number of hydrogen-bond acceptors (Lipinski definition) is 6. The van der Waals surface area contributed by atoms with E-state index < -0.39 is 5.97 Å². The summed E-state index contributed by atoms with van der Waals surface area (Å²) in [6, 6.07) is 7.80. The van der Waals surface area contributed by atoms with Crippen molar-refractivity contribution >= 4 is 35.4 Å². The zero-order valence-electron chi connectivity index (χ0n) is 12.9. The van der Waals surface area contributed by atoms with Gasteiger partial charge in [-0.25, -0.2) is 9.78 Å². The summed E-state index contributed by atoms with van der Waals surface area (Å²) in [6.07, 6.45) is 1.36. The Bertz CT molecular complexity index is 964. The maximum absolute atomic E-state index is 11.4. The van der Waals surface area contributed by atoms with E-state index in [1.54, 1.807) is 31.2 Å². The summed E-state index contributed by atoms with van der Waals surface area (Å²) < 4.78 is 5.61. The molecule has 1 aromatic carbocycles. The third-order valence-electron chi connectivity index (χ3n) is 3.11. The summed E-state index contributed by atoms with van der Waals surface area (Å²) >= 11 is 6.83. The monoisotopic (exact) mass is 377 g/mol. The second kappa shape index (κ2) is 7.04. The number of aromatic hydroxyl groups is 1. The first-order valence-electron chi connectivity index (χ1n) is 7.03. The molecule has 0 fully saturated rings. The number of hydrogen-bond donors (Lipinski definition) is 3. The molecular formula is C16H12ClN3O4S. The molecule has 0 unspecified atom stereocenters. The molecule has 0 bridgehead atoms. The lowest BCUT2D eigenvalue weighted by Gasteiger charge is -2.01. The number of nitrogens with one attached hydrogen (secondary N) is 1. The van der Waals surface area contributed by atoms with Gasteiger partial charge in [0.1, 0.15) is 28.0 Å². The van der Waals surface area contributed by atoms with Crippen LogP contribution in [0.4, 0.5) is 0 Å². The van der Waals surface area contributed by atoms with E-state index in [1.165, 1.54) is 12.1 Å². The largest absolute Gasteiger partial charge is 0.507 e. The van der Waals surface area contributed by atoms with E-state index in [9.17, 15) is 15.0 Å². The molecule has 0 radical (unpaired) electrons. The Labute approximate surface area is 151 Å². The molecule has 2 aromatic heterocycles.